The summed E-state index contributed by atoms with van der Waals surface area (Å²) in [5.41, 5.74) is 0. The summed E-state index contributed by atoms with van der Waals surface area (Å²) in [5.74, 6) is 0.843. The first kappa shape index (κ1) is 11.0. The van der Waals surface area contributed by atoms with E-state index in [9.17, 15) is 13.5 Å². The van der Waals surface area contributed by atoms with Crippen LogP contribution in [0.2, 0.25) is 0 Å². The molecular weight excluding hydrogens is 188 g/mol. The molecular formula is C9H18O3S. The fraction of sp³-hybridized carbons (Fsp3) is 1.00. The van der Waals surface area contributed by atoms with E-state index >= 15 is 0 Å². The van der Waals surface area contributed by atoms with Gasteiger partial charge in [0.05, 0.1) is 11.9 Å². The Kier molecular flexibility index (Phi) is 3.74. The van der Waals surface area contributed by atoms with Gasteiger partial charge in [0.25, 0.3) is 0 Å². The lowest BCUT2D eigenvalue weighted by atomic mass is 9.89. The smallest absolute Gasteiger partial charge is 0.150 e. The first-order valence-electron chi connectivity index (χ1n) is 4.92. The molecule has 1 N–H and O–H groups in total. The van der Waals surface area contributed by atoms with Crippen molar-refractivity contribution in [3.05, 3.63) is 0 Å². The number of aliphatic hydroxyl groups is 1. The predicted molar refractivity (Wildman–Crippen MR) is 52.3 cm³/mol. The van der Waals surface area contributed by atoms with E-state index in [4.69, 9.17) is 0 Å². The van der Waals surface area contributed by atoms with Gasteiger partial charge in [-0.25, -0.2) is 8.42 Å². The number of rotatable bonds is 3. The third-order valence-corrected chi connectivity index (χ3v) is 4.60. The zero-order valence-corrected chi connectivity index (χ0v) is 8.89. The Bertz CT molecular complexity index is 238. The second-order valence-corrected chi connectivity index (χ2v) is 6.27. The lowest BCUT2D eigenvalue weighted by molar-refractivity contribution is 0.113. The topological polar surface area (TPSA) is 54.4 Å². The Morgan fingerprint density at radius 2 is 1.77 bits per heavy atom. The van der Waals surface area contributed by atoms with Crippen molar-refractivity contribution >= 4 is 9.84 Å². The Morgan fingerprint density at radius 3 is 2.23 bits per heavy atom. The van der Waals surface area contributed by atoms with Crippen LogP contribution in [0.5, 0.6) is 0 Å². The van der Waals surface area contributed by atoms with Gasteiger partial charge in [-0.1, -0.05) is 6.92 Å². The molecule has 0 radical (unpaired) electrons. The summed E-state index contributed by atoms with van der Waals surface area (Å²) >= 11 is 0. The quantitative estimate of drug-likeness (QED) is 0.748. The minimum absolute atomic E-state index is 0.194. The third-order valence-electron chi connectivity index (χ3n) is 2.75. The van der Waals surface area contributed by atoms with Crippen LogP contribution in [-0.4, -0.2) is 31.1 Å². The van der Waals surface area contributed by atoms with Crippen LogP contribution in [-0.2, 0) is 9.84 Å². The fourth-order valence-corrected chi connectivity index (χ4v) is 3.08. The highest BCUT2D eigenvalue weighted by atomic mass is 32.2. The molecule has 1 rings (SSSR count). The van der Waals surface area contributed by atoms with Crippen LogP contribution in [0.1, 0.15) is 32.6 Å². The van der Waals surface area contributed by atoms with Crippen LogP contribution in [0.4, 0.5) is 0 Å². The van der Waals surface area contributed by atoms with Crippen LogP contribution >= 0.6 is 0 Å². The van der Waals surface area contributed by atoms with E-state index in [2.05, 4.69) is 0 Å². The Balaban J connectivity index is 2.39. The molecule has 78 valence electrons. The number of sulfone groups is 1. The summed E-state index contributed by atoms with van der Waals surface area (Å²) in [6.07, 6.45) is 3.06. The van der Waals surface area contributed by atoms with E-state index in [0.717, 1.165) is 25.7 Å². The monoisotopic (exact) mass is 206 g/mol. The van der Waals surface area contributed by atoms with Gasteiger partial charge < -0.3 is 5.11 Å². The van der Waals surface area contributed by atoms with Gasteiger partial charge in [0.2, 0.25) is 0 Å². The molecule has 0 atom stereocenters. The van der Waals surface area contributed by atoms with E-state index in [0.29, 0.717) is 5.75 Å². The Hall–Kier alpha value is -0.0900. The van der Waals surface area contributed by atoms with E-state index in [1.807, 2.05) is 0 Å². The molecule has 1 aliphatic rings. The minimum Gasteiger partial charge on any atom is -0.393 e. The van der Waals surface area contributed by atoms with Crippen molar-refractivity contribution in [2.45, 2.75) is 38.7 Å². The largest absolute Gasteiger partial charge is 0.393 e. The summed E-state index contributed by atoms with van der Waals surface area (Å²) in [6.45, 7) is 1.69. The molecule has 1 aliphatic carbocycles. The molecule has 0 spiro atoms. The molecule has 4 heteroatoms. The van der Waals surface area contributed by atoms with E-state index < -0.39 is 9.84 Å². The van der Waals surface area contributed by atoms with Crippen molar-refractivity contribution in [1.29, 1.82) is 0 Å². The normalized spacial score (nSPS) is 30.3. The van der Waals surface area contributed by atoms with Crippen molar-refractivity contribution in [3.63, 3.8) is 0 Å². The summed E-state index contributed by atoms with van der Waals surface area (Å²) in [7, 11) is -2.82. The lowest BCUT2D eigenvalue weighted by Gasteiger charge is -2.24. The predicted octanol–water partition coefficient (Wildman–Crippen LogP) is 0.972. The molecule has 3 nitrogen and oxygen atoms in total. The minimum atomic E-state index is -2.82. The number of hydrogen-bond donors (Lipinski definition) is 1. The van der Waals surface area contributed by atoms with Gasteiger partial charge in [0.1, 0.15) is 9.84 Å². The van der Waals surface area contributed by atoms with Crippen LogP contribution in [0, 0.1) is 5.92 Å². The van der Waals surface area contributed by atoms with Crippen LogP contribution < -0.4 is 0 Å². The summed E-state index contributed by atoms with van der Waals surface area (Å²) in [5, 5.41) is 9.23. The number of hydrogen-bond acceptors (Lipinski definition) is 3. The average molecular weight is 206 g/mol. The molecule has 0 amide bonds. The highest BCUT2D eigenvalue weighted by molar-refractivity contribution is 7.91. The van der Waals surface area contributed by atoms with Gasteiger partial charge in [-0.15, -0.1) is 0 Å². The SMILES string of the molecule is CCS(=O)(=O)CC1CCC(O)CC1. The molecule has 0 heterocycles. The molecule has 0 aromatic heterocycles. The molecule has 0 aromatic carbocycles. The number of aliphatic hydroxyl groups excluding tert-OH is 1. The van der Waals surface area contributed by atoms with Crippen molar-refractivity contribution in [2.24, 2.45) is 5.92 Å². The van der Waals surface area contributed by atoms with E-state index in [-0.39, 0.29) is 17.8 Å². The van der Waals surface area contributed by atoms with Crippen molar-refractivity contribution < 1.29 is 13.5 Å². The van der Waals surface area contributed by atoms with Gasteiger partial charge in [0.15, 0.2) is 0 Å². The van der Waals surface area contributed by atoms with Crippen molar-refractivity contribution in [3.8, 4) is 0 Å². The molecule has 1 saturated carbocycles. The highest BCUT2D eigenvalue weighted by Crippen LogP contribution is 2.25. The van der Waals surface area contributed by atoms with Gasteiger partial charge >= 0.3 is 0 Å². The molecule has 1 fully saturated rings. The fourth-order valence-electron chi connectivity index (χ4n) is 1.79. The zero-order chi connectivity index (χ0) is 9.90. The van der Waals surface area contributed by atoms with Crippen LogP contribution in [0.15, 0.2) is 0 Å². The third kappa shape index (κ3) is 3.65. The van der Waals surface area contributed by atoms with E-state index in [1.165, 1.54) is 0 Å². The Morgan fingerprint density at radius 1 is 1.23 bits per heavy atom. The summed E-state index contributed by atoms with van der Waals surface area (Å²) < 4.78 is 22.6. The Labute approximate surface area is 80.1 Å². The van der Waals surface area contributed by atoms with Gasteiger partial charge in [-0.3, -0.25) is 0 Å². The molecule has 0 bridgehead atoms. The van der Waals surface area contributed by atoms with Crippen LogP contribution in [0.25, 0.3) is 0 Å². The summed E-state index contributed by atoms with van der Waals surface area (Å²) in [4.78, 5) is 0. The molecule has 0 saturated heterocycles. The zero-order valence-electron chi connectivity index (χ0n) is 8.07. The molecule has 0 aromatic rings. The van der Waals surface area contributed by atoms with Crippen LogP contribution in [0.3, 0.4) is 0 Å². The van der Waals surface area contributed by atoms with Crippen molar-refractivity contribution in [2.75, 3.05) is 11.5 Å². The maximum Gasteiger partial charge on any atom is 0.150 e. The maximum atomic E-state index is 11.3. The first-order valence-corrected chi connectivity index (χ1v) is 6.74. The summed E-state index contributed by atoms with van der Waals surface area (Å²) in [6, 6.07) is 0. The lowest BCUT2D eigenvalue weighted by Crippen LogP contribution is -2.24. The first-order chi connectivity index (χ1) is 6.03. The average Bonchev–Trinajstić information content (AvgIpc) is 2.09. The van der Waals surface area contributed by atoms with Gasteiger partial charge in [0, 0.05) is 5.75 Å². The van der Waals surface area contributed by atoms with Gasteiger partial charge in [-0.2, -0.15) is 0 Å². The van der Waals surface area contributed by atoms with E-state index in [1.54, 1.807) is 6.92 Å². The molecule has 13 heavy (non-hydrogen) atoms. The standard InChI is InChI=1S/C9H18O3S/c1-2-13(11,12)7-8-3-5-9(10)6-4-8/h8-10H,2-7H2,1H3. The van der Waals surface area contributed by atoms with Crippen molar-refractivity contribution in [1.82, 2.24) is 0 Å². The second-order valence-electron chi connectivity index (χ2n) is 3.87. The highest BCUT2D eigenvalue weighted by Gasteiger charge is 2.23. The second kappa shape index (κ2) is 4.42. The maximum absolute atomic E-state index is 11.3. The van der Waals surface area contributed by atoms with Gasteiger partial charge in [-0.05, 0) is 31.6 Å². The molecule has 0 unspecified atom stereocenters. The molecule has 0 aliphatic heterocycles.